The molecule has 1 N–H and O–H groups in total. The third kappa shape index (κ3) is 4.75. The molecule has 0 aromatic carbocycles. The van der Waals surface area contributed by atoms with Crippen LogP contribution in [0.25, 0.3) is 0 Å². The van der Waals surface area contributed by atoms with Gasteiger partial charge in [-0.25, -0.2) is 0 Å². The van der Waals surface area contributed by atoms with E-state index in [9.17, 15) is 9.59 Å². The molecular weight excluding hydrogens is 316 g/mol. The van der Waals surface area contributed by atoms with Gasteiger partial charge in [-0.1, -0.05) is 34.6 Å². The van der Waals surface area contributed by atoms with Crippen LogP contribution in [0.1, 0.15) is 80.1 Å². The molecule has 2 amide bonds. The van der Waals surface area contributed by atoms with Gasteiger partial charge in [-0.05, 0) is 50.4 Å². The third-order valence-electron chi connectivity index (χ3n) is 5.57. The fraction of sp³-hybridized carbons (Fsp3) is 0.900. The first-order valence-corrected chi connectivity index (χ1v) is 9.84. The topological polar surface area (TPSA) is 58.6 Å². The second-order valence-electron chi connectivity index (χ2n) is 9.27. The molecule has 0 aromatic heterocycles. The van der Waals surface area contributed by atoms with Crippen LogP contribution in [-0.4, -0.2) is 41.1 Å². The lowest BCUT2D eigenvalue weighted by molar-refractivity contribution is -0.163. The molecule has 1 saturated carbocycles. The highest BCUT2D eigenvalue weighted by Crippen LogP contribution is 2.43. The van der Waals surface area contributed by atoms with Gasteiger partial charge in [-0.2, -0.15) is 0 Å². The van der Waals surface area contributed by atoms with Crippen LogP contribution in [-0.2, 0) is 14.3 Å². The van der Waals surface area contributed by atoms with Gasteiger partial charge in [0.15, 0.2) is 0 Å². The summed E-state index contributed by atoms with van der Waals surface area (Å²) in [5.41, 5.74) is -0.688. The average Bonchev–Trinajstić information content (AvgIpc) is 2.88. The summed E-state index contributed by atoms with van der Waals surface area (Å²) in [5, 5.41) is 3.04. The fourth-order valence-corrected chi connectivity index (χ4v) is 3.83. The molecular formula is C20H36N2O3. The van der Waals surface area contributed by atoms with E-state index in [1.165, 1.54) is 0 Å². The number of hydrogen-bond acceptors (Lipinski definition) is 3. The van der Waals surface area contributed by atoms with E-state index < -0.39 is 11.8 Å². The van der Waals surface area contributed by atoms with E-state index in [1.807, 2.05) is 18.7 Å². The molecule has 0 radical (unpaired) electrons. The minimum atomic E-state index is -0.577. The third-order valence-corrected chi connectivity index (χ3v) is 5.57. The van der Waals surface area contributed by atoms with Crippen molar-refractivity contribution in [1.82, 2.24) is 10.2 Å². The Labute approximate surface area is 152 Å². The van der Waals surface area contributed by atoms with Crippen molar-refractivity contribution in [3.8, 4) is 0 Å². The molecule has 2 atom stereocenters. The molecule has 0 bridgehead atoms. The molecule has 1 spiro atoms. The highest BCUT2D eigenvalue weighted by molar-refractivity contribution is 5.89. The van der Waals surface area contributed by atoms with Gasteiger partial charge in [-0.15, -0.1) is 0 Å². The summed E-state index contributed by atoms with van der Waals surface area (Å²) in [4.78, 5) is 27.8. The number of ether oxygens (including phenoxy) is 1. The van der Waals surface area contributed by atoms with Crippen molar-refractivity contribution < 1.29 is 14.3 Å². The van der Waals surface area contributed by atoms with Crippen molar-refractivity contribution >= 4 is 11.8 Å². The molecule has 25 heavy (non-hydrogen) atoms. The first kappa shape index (κ1) is 20.2. The smallest absolute Gasteiger partial charge is 0.245 e. The van der Waals surface area contributed by atoms with Crippen molar-refractivity contribution in [3.63, 3.8) is 0 Å². The van der Waals surface area contributed by atoms with Crippen LogP contribution in [0.3, 0.4) is 0 Å². The van der Waals surface area contributed by atoms with E-state index in [-0.39, 0.29) is 23.3 Å². The summed E-state index contributed by atoms with van der Waals surface area (Å²) in [6.07, 6.45) is 5.05. The van der Waals surface area contributed by atoms with E-state index in [4.69, 9.17) is 4.74 Å². The number of hydrogen-bond donors (Lipinski definition) is 1. The maximum absolute atomic E-state index is 13.2. The maximum atomic E-state index is 13.2. The largest absolute Gasteiger partial charge is 0.353 e. The average molecular weight is 353 g/mol. The number of carbonyl (C=O) groups is 2. The molecule has 2 aliphatic rings. The van der Waals surface area contributed by atoms with Gasteiger partial charge in [0.05, 0.1) is 6.61 Å². The maximum Gasteiger partial charge on any atom is 0.245 e. The van der Waals surface area contributed by atoms with E-state index in [2.05, 4.69) is 33.0 Å². The molecule has 1 aliphatic heterocycles. The summed E-state index contributed by atoms with van der Waals surface area (Å²) in [5.74, 6) is 0.623. The second kappa shape index (κ2) is 7.65. The molecule has 5 nitrogen and oxygen atoms in total. The fourth-order valence-electron chi connectivity index (χ4n) is 3.83. The summed E-state index contributed by atoms with van der Waals surface area (Å²) in [6.45, 7) is 12.8. The lowest BCUT2D eigenvalue weighted by Gasteiger charge is -2.43. The summed E-state index contributed by atoms with van der Waals surface area (Å²) < 4.78 is 6.17. The van der Waals surface area contributed by atoms with Gasteiger partial charge in [-0.3, -0.25) is 14.5 Å². The highest BCUT2D eigenvalue weighted by atomic mass is 16.5. The monoisotopic (exact) mass is 352 g/mol. The SMILES string of the molecule is CC[C@@H](C)NC(=O)[C@@H]1COC2(CCC(C)CC2)N1C(=O)CC(C)(C)C. The van der Waals surface area contributed by atoms with Crippen LogP contribution in [0.5, 0.6) is 0 Å². The van der Waals surface area contributed by atoms with Crippen LogP contribution in [0.2, 0.25) is 0 Å². The van der Waals surface area contributed by atoms with E-state index >= 15 is 0 Å². The molecule has 2 fully saturated rings. The van der Waals surface area contributed by atoms with Gasteiger partial charge in [0.2, 0.25) is 11.8 Å². The molecule has 0 aromatic rings. The zero-order chi connectivity index (χ0) is 18.8. The Balaban J connectivity index is 2.24. The van der Waals surface area contributed by atoms with Crippen LogP contribution in [0.15, 0.2) is 0 Å². The first-order chi connectivity index (χ1) is 11.6. The lowest BCUT2D eigenvalue weighted by atomic mass is 9.82. The Kier molecular flexibility index (Phi) is 6.18. The van der Waals surface area contributed by atoms with Crippen molar-refractivity contribution in [2.75, 3.05) is 6.61 Å². The highest BCUT2D eigenvalue weighted by Gasteiger charge is 2.53. The molecule has 1 heterocycles. The summed E-state index contributed by atoms with van der Waals surface area (Å²) in [7, 11) is 0. The van der Waals surface area contributed by atoms with E-state index in [0.717, 1.165) is 32.1 Å². The Bertz CT molecular complexity index is 490. The Morgan fingerprint density at radius 2 is 1.88 bits per heavy atom. The molecule has 2 rings (SSSR count). The van der Waals surface area contributed by atoms with Crippen LogP contribution >= 0.6 is 0 Å². The zero-order valence-corrected chi connectivity index (χ0v) is 16.9. The van der Waals surface area contributed by atoms with E-state index in [0.29, 0.717) is 18.9 Å². The van der Waals surface area contributed by atoms with Gasteiger partial charge in [0.25, 0.3) is 0 Å². The van der Waals surface area contributed by atoms with Gasteiger partial charge >= 0.3 is 0 Å². The summed E-state index contributed by atoms with van der Waals surface area (Å²) >= 11 is 0. The number of amides is 2. The number of rotatable bonds is 4. The van der Waals surface area contributed by atoms with Crippen LogP contribution in [0, 0.1) is 11.3 Å². The molecule has 0 unspecified atom stereocenters. The molecule has 144 valence electrons. The normalized spacial score (nSPS) is 31.2. The number of carbonyl (C=O) groups excluding carboxylic acids is 2. The second-order valence-corrected chi connectivity index (χ2v) is 9.27. The van der Waals surface area contributed by atoms with E-state index in [1.54, 1.807) is 0 Å². The van der Waals surface area contributed by atoms with Gasteiger partial charge in [0.1, 0.15) is 11.8 Å². The minimum absolute atomic E-state index is 0.0452. The van der Waals surface area contributed by atoms with Crippen LogP contribution < -0.4 is 5.32 Å². The number of nitrogens with zero attached hydrogens (tertiary/aromatic N) is 1. The van der Waals surface area contributed by atoms with Crippen molar-refractivity contribution in [3.05, 3.63) is 0 Å². The standard InChI is InChI=1S/C20H36N2O3/c1-7-15(3)21-18(24)16-13-25-20(10-8-14(2)9-11-20)22(16)17(23)12-19(4,5)6/h14-16H,7-13H2,1-6H3,(H,21,24)/t14?,15-,16+,20?/m1/s1. The van der Waals surface area contributed by atoms with Crippen molar-refractivity contribution in [2.24, 2.45) is 11.3 Å². The summed E-state index contributed by atoms with van der Waals surface area (Å²) in [6, 6.07) is -0.396. The van der Waals surface area contributed by atoms with Gasteiger partial charge in [0, 0.05) is 12.5 Å². The first-order valence-electron chi connectivity index (χ1n) is 9.84. The van der Waals surface area contributed by atoms with Crippen LogP contribution in [0.4, 0.5) is 0 Å². The Morgan fingerprint density at radius 1 is 1.28 bits per heavy atom. The quantitative estimate of drug-likeness (QED) is 0.843. The molecule has 1 saturated heterocycles. The minimum Gasteiger partial charge on any atom is -0.353 e. The lowest BCUT2D eigenvalue weighted by Crippen LogP contribution is -2.57. The Morgan fingerprint density at radius 3 is 2.40 bits per heavy atom. The van der Waals surface area contributed by atoms with Crippen molar-refractivity contribution in [1.29, 1.82) is 0 Å². The predicted molar refractivity (Wildman–Crippen MR) is 98.9 cm³/mol. The zero-order valence-electron chi connectivity index (χ0n) is 16.9. The van der Waals surface area contributed by atoms with Gasteiger partial charge < -0.3 is 10.1 Å². The molecule has 5 heteroatoms. The van der Waals surface area contributed by atoms with Crippen molar-refractivity contribution in [2.45, 2.75) is 97.9 Å². The molecule has 1 aliphatic carbocycles. The predicted octanol–water partition coefficient (Wildman–Crippen LogP) is 3.47. The Hall–Kier alpha value is -1.10. The number of nitrogens with one attached hydrogen (secondary N) is 1.